The molecular weight excluding hydrogens is 384 g/mol. The first kappa shape index (κ1) is 22.1. The van der Waals surface area contributed by atoms with Crippen molar-refractivity contribution in [1.82, 2.24) is 0 Å². The van der Waals surface area contributed by atoms with Crippen molar-refractivity contribution in [2.45, 2.75) is 65.3 Å². The van der Waals surface area contributed by atoms with E-state index in [9.17, 15) is 4.79 Å². The second-order valence-electron chi connectivity index (χ2n) is 9.41. The predicted octanol–water partition coefficient (Wildman–Crippen LogP) is 4.61. The van der Waals surface area contributed by atoms with Gasteiger partial charge in [-0.15, -0.1) is 6.42 Å². The lowest BCUT2D eigenvalue weighted by molar-refractivity contribution is 0.00578. The molecule has 1 aliphatic heterocycles. The van der Waals surface area contributed by atoms with Crippen LogP contribution in [0.2, 0.25) is 0 Å². The van der Waals surface area contributed by atoms with Crippen molar-refractivity contribution in [3.05, 3.63) is 35.6 Å². The molecule has 0 aliphatic carbocycles. The number of nitrogens with one attached hydrogen (secondary N) is 1. The van der Waals surface area contributed by atoms with Crippen LogP contribution in [-0.2, 0) is 14.0 Å². The van der Waals surface area contributed by atoms with Gasteiger partial charge in [-0.25, -0.2) is 9.18 Å². The number of ether oxygens (including phenoxy) is 1. The van der Waals surface area contributed by atoms with Gasteiger partial charge in [0.1, 0.15) is 5.60 Å². The normalized spacial score (nSPS) is 17.6. The Hall–Kier alpha value is -2.56. The number of benzene rings is 2. The average Bonchev–Trinajstić information content (AvgIpc) is 2.82. The van der Waals surface area contributed by atoms with Crippen molar-refractivity contribution in [1.29, 1.82) is 0 Å². The number of fused-ring (bicyclic) bond motifs is 1. The van der Waals surface area contributed by atoms with E-state index in [-0.39, 0.29) is 11.1 Å². The lowest BCUT2D eigenvalue weighted by Crippen LogP contribution is -2.41. The molecule has 0 radical (unpaired) electrons. The molecule has 2 aromatic carbocycles. The van der Waals surface area contributed by atoms with Crippen LogP contribution in [-0.4, -0.2) is 30.0 Å². The summed E-state index contributed by atoms with van der Waals surface area (Å²) >= 11 is 0. The second kappa shape index (κ2) is 7.30. The quantitative estimate of drug-likeness (QED) is 0.580. The van der Waals surface area contributed by atoms with Crippen LogP contribution in [0.5, 0.6) is 0 Å². The lowest BCUT2D eigenvalue weighted by Gasteiger charge is -2.32. The Morgan fingerprint density at radius 1 is 1.20 bits per heavy atom. The Labute approximate surface area is 177 Å². The molecule has 1 aliphatic rings. The monoisotopic (exact) mass is 411 g/mol. The minimum atomic E-state index is -0.785. The van der Waals surface area contributed by atoms with Crippen LogP contribution >= 0.6 is 0 Å². The number of anilines is 1. The van der Waals surface area contributed by atoms with E-state index in [1.807, 2.05) is 27.7 Å². The topological polar surface area (TPSA) is 56.8 Å². The van der Waals surface area contributed by atoms with Gasteiger partial charge in [0.05, 0.1) is 16.9 Å². The van der Waals surface area contributed by atoms with Gasteiger partial charge in [-0.3, -0.25) is 5.32 Å². The average molecular weight is 411 g/mol. The number of carbonyl (C=O) groups excluding carboxylic acids is 1. The first-order chi connectivity index (χ1) is 13.8. The van der Waals surface area contributed by atoms with E-state index in [2.05, 4.69) is 11.2 Å². The maximum Gasteiger partial charge on any atom is 0.495 e. The summed E-state index contributed by atoms with van der Waals surface area (Å²) in [5.41, 5.74) is -0.882. The molecule has 1 N–H and O–H groups in total. The van der Waals surface area contributed by atoms with E-state index < -0.39 is 35.8 Å². The van der Waals surface area contributed by atoms with E-state index in [0.29, 0.717) is 16.4 Å². The van der Waals surface area contributed by atoms with Gasteiger partial charge in [0.25, 0.3) is 0 Å². The standard InChI is InChI=1S/C23H27BFNO4/c1-9-14-11-10-12-15-18(14)16(24-29-22(5,6)23(7,8)30-24)13-17(19(15)25)26-20(27)28-21(2,3)4/h1,10-13H,2-8H3,(H,26,27). The Bertz CT molecular complexity index is 1030. The Morgan fingerprint density at radius 3 is 2.33 bits per heavy atom. The highest BCUT2D eigenvalue weighted by atomic mass is 19.1. The van der Waals surface area contributed by atoms with Crippen molar-refractivity contribution in [3.63, 3.8) is 0 Å². The molecule has 0 atom stereocenters. The number of hydrogen-bond donors (Lipinski definition) is 1. The van der Waals surface area contributed by atoms with Gasteiger partial charge in [-0.2, -0.15) is 0 Å². The third-order valence-corrected chi connectivity index (χ3v) is 5.42. The third-order valence-electron chi connectivity index (χ3n) is 5.42. The molecule has 0 spiro atoms. The van der Waals surface area contributed by atoms with Gasteiger partial charge < -0.3 is 14.0 Å². The Morgan fingerprint density at radius 2 is 1.80 bits per heavy atom. The molecule has 7 heteroatoms. The third kappa shape index (κ3) is 4.03. The molecule has 0 saturated carbocycles. The summed E-state index contributed by atoms with van der Waals surface area (Å²) in [6.45, 7) is 12.9. The van der Waals surface area contributed by atoms with E-state index in [4.69, 9.17) is 20.5 Å². The van der Waals surface area contributed by atoms with E-state index in [1.54, 1.807) is 39.0 Å². The largest absolute Gasteiger partial charge is 0.495 e. The number of hydrogen-bond acceptors (Lipinski definition) is 4. The predicted molar refractivity (Wildman–Crippen MR) is 117 cm³/mol. The molecule has 158 valence electrons. The van der Waals surface area contributed by atoms with Gasteiger partial charge in [0.15, 0.2) is 5.82 Å². The SMILES string of the molecule is C#Cc1cccc2c(F)c(NC(=O)OC(C)(C)C)cc(B3OC(C)(C)C(C)(C)O3)c12. The van der Waals surface area contributed by atoms with Crippen LogP contribution < -0.4 is 10.8 Å². The minimum Gasteiger partial charge on any atom is -0.444 e. The van der Waals surface area contributed by atoms with Crippen LogP contribution in [0.15, 0.2) is 24.3 Å². The first-order valence-corrected chi connectivity index (χ1v) is 9.83. The van der Waals surface area contributed by atoms with E-state index >= 15 is 4.39 Å². The van der Waals surface area contributed by atoms with Crippen LogP contribution in [0.25, 0.3) is 10.8 Å². The van der Waals surface area contributed by atoms with Crippen molar-refractivity contribution >= 4 is 35.1 Å². The summed E-state index contributed by atoms with van der Waals surface area (Å²) in [4.78, 5) is 12.3. The highest BCUT2D eigenvalue weighted by molar-refractivity contribution is 6.65. The van der Waals surface area contributed by atoms with Gasteiger partial charge in [-0.1, -0.05) is 18.1 Å². The molecule has 1 fully saturated rings. The van der Waals surface area contributed by atoms with E-state index in [1.165, 1.54) is 6.07 Å². The number of amides is 1. The van der Waals surface area contributed by atoms with Gasteiger partial charge in [0, 0.05) is 16.3 Å². The summed E-state index contributed by atoms with van der Waals surface area (Å²) in [7, 11) is -0.785. The Balaban J connectivity index is 2.17. The molecule has 30 heavy (non-hydrogen) atoms. The van der Waals surface area contributed by atoms with Crippen molar-refractivity contribution < 1.29 is 23.2 Å². The maximum atomic E-state index is 15.3. The van der Waals surface area contributed by atoms with Crippen LogP contribution in [0.4, 0.5) is 14.9 Å². The van der Waals surface area contributed by atoms with Crippen molar-refractivity contribution in [2.24, 2.45) is 0 Å². The maximum absolute atomic E-state index is 15.3. The number of terminal acetylenes is 1. The Kier molecular flexibility index (Phi) is 5.38. The van der Waals surface area contributed by atoms with Crippen LogP contribution in [0, 0.1) is 18.2 Å². The highest BCUT2D eigenvalue weighted by Crippen LogP contribution is 2.38. The van der Waals surface area contributed by atoms with Crippen molar-refractivity contribution in [2.75, 3.05) is 5.32 Å². The summed E-state index contributed by atoms with van der Waals surface area (Å²) in [6, 6.07) is 6.52. The molecule has 5 nitrogen and oxygen atoms in total. The zero-order valence-corrected chi connectivity index (χ0v) is 18.5. The summed E-state index contributed by atoms with van der Waals surface area (Å²) in [5, 5.41) is 3.29. The molecule has 0 aromatic heterocycles. The smallest absolute Gasteiger partial charge is 0.444 e. The molecule has 3 rings (SSSR count). The van der Waals surface area contributed by atoms with Gasteiger partial charge in [-0.05, 0) is 66.1 Å². The minimum absolute atomic E-state index is 0.0318. The molecule has 2 aromatic rings. The number of rotatable bonds is 2. The summed E-state index contributed by atoms with van der Waals surface area (Å²) in [6.07, 6.45) is 4.93. The second-order valence-corrected chi connectivity index (χ2v) is 9.41. The molecule has 1 heterocycles. The van der Waals surface area contributed by atoms with Gasteiger partial charge >= 0.3 is 13.2 Å². The molecule has 1 saturated heterocycles. The molecular formula is C23H27BFNO4. The lowest BCUT2D eigenvalue weighted by atomic mass is 9.74. The fourth-order valence-corrected chi connectivity index (χ4v) is 3.26. The van der Waals surface area contributed by atoms with Crippen LogP contribution in [0.1, 0.15) is 54.0 Å². The van der Waals surface area contributed by atoms with Gasteiger partial charge in [0.2, 0.25) is 0 Å². The molecule has 0 unspecified atom stereocenters. The fraction of sp³-hybridized carbons (Fsp3) is 0.435. The zero-order chi connectivity index (χ0) is 22.5. The molecule has 0 bridgehead atoms. The molecule has 1 amide bonds. The van der Waals surface area contributed by atoms with E-state index in [0.717, 1.165) is 0 Å². The summed E-state index contributed by atoms with van der Waals surface area (Å²) in [5.74, 6) is 2.00. The zero-order valence-electron chi connectivity index (χ0n) is 18.5. The first-order valence-electron chi connectivity index (χ1n) is 9.83. The van der Waals surface area contributed by atoms with Crippen molar-refractivity contribution in [3.8, 4) is 12.3 Å². The van der Waals surface area contributed by atoms with Crippen LogP contribution in [0.3, 0.4) is 0 Å². The summed E-state index contributed by atoms with van der Waals surface area (Å²) < 4.78 is 33.0. The highest BCUT2D eigenvalue weighted by Gasteiger charge is 2.52. The number of halogens is 1. The fourth-order valence-electron chi connectivity index (χ4n) is 3.26. The number of carbonyl (C=O) groups is 1.